The van der Waals surface area contributed by atoms with Gasteiger partial charge < -0.3 is 15.4 Å². The first-order valence-corrected chi connectivity index (χ1v) is 7.32. The van der Waals surface area contributed by atoms with Crippen LogP contribution in [0.4, 0.5) is 17.2 Å². The highest BCUT2D eigenvalue weighted by atomic mass is 35.5. The molecule has 0 aliphatic rings. The van der Waals surface area contributed by atoms with E-state index in [1.807, 2.05) is 0 Å². The summed E-state index contributed by atoms with van der Waals surface area (Å²) < 4.78 is 4.68. The Morgan fingerprint density at radius 3 is 2.65 bits per heavy atom. The number of hydrogen-bond donors (Lipinski definition) is 2. The van der Waals surface area contributed by atoms with Gasteiger partial charge in [0.25, 0.3) is 0 Å². The molecule has 0 fully saturated rings. The molecule has 1 aromatic heterocycles. The molecule has 2 aromatic rings. The van der Waals surface area contributed by atoms with Crippen LogP contribution in [0.1, 0.15) is 23.7 Å². The largest absolute Gasteiger partial charge is 0.465 e. The van der Waals surface area contributed by atoms with E-state index in [1.54, 1.807) is 37.3 Å². The standard InChI is InChI=1S/C16H16ClN3O3/c1-3-15(21)19-11-5-7-14(18-9-11)20-13-8-10(16(22)23-2)4-6-12(13)17/h4-9H,3H2,1-2H3,(H,18,20)(H,19,21). The van der Waals surface area contributed by atoms with Crippen molar-refractivity contribution in [2.75, 3.05) is 17.7 Å². The third-order valence-corrected chi connectivity index (χ3v) is 3.35. The van der Waals surface area contributed by atoms with Crippen molar-refractivity contribution < 1.29 is 14.3 Å². The highest BCUT2D eigenvalue weighted by Gasteiger charge is 2.09. The summed E-state index contributed by atoms with van der Waals surface area (Å²) in [5.41, 5.74) is 1.52. The second kappa shape index (κ2) is 7.60. The minimum Gasteiger partial charge on any atom is -0.465 e. The average Bonchev–Trinajstić information content (AvgIpc) is 2.57. The van der Waals surface area contributed by atoms with E-state index in [9.17, 15) is 9.59 Å². The highest BCUT2D eigenvalue weighted by molar-refractivity contribution is 6.33. The lowest BCUT2D eigenvalue weighted by Gasteiger charge is -2.10. The third kappa shape index (κ3) is 4.43. The van der Waals surface area contributed by atoms with E-state index in [-0.39, 0.29) is 5.91 Å². The molecule has 23 heavy (non-hydrogen) atoms. The number of nitrogens with one attached hydrogen (secondary N) is 2. The number of halogens is 1. The summed E-state index contributed by atoms with van der Waals surface area (Å²) in [7, 11) is 1.31. The fourth-order valence-corrected chi connectivity index (χ4v) is 1.96. The maximum atomic E-state index is 11.6. The average molecular weight is 334 g/mol. The molecule has 2 rings (SSSR count). The van der Waals surface area contributed by atoms with Gasteiger partial charge in [-0.3, -0.25) is 4.79 Å². The van der Waals surface area contributed by atoms with Gasteiger partial charge in [0, 0.05) is 6.42 Å². The molecule has 0 saturated heterocycles. The molecule has 0 spiro atoms. The molecule has 6 nitrogen and oxygen atoms in total. The van der Waals surface area contributed by atoms with Gasteiger partial charge in [-0.1, -0.05) is 18.5 Å². The summed E-state index contributed by atoms with van der Waals surface area (Å²) in [6.07, 6.45) is 1.93. The quantitative estimate of drug-likeness (QED) is 0.817. The summed E-state index contributed by atoms with van der Waals surface area (Å²) >= 11 is 6.11. The Morgan fingerprint density at radius 1 is 1.26 bits per heavy atom. The van der Waals surface area contributed by atoms with Gasteiger partial charge >= 0.3 is 5.97 Å². The van der Waals surface area contributed by atoms with E-state index < -0.39 is 5.97 Å². The first-order chi connectivity index (χ1) is 11.0. The smallest absolute Gasteiger partial charge is 0.337 e. The number of methoxy groups -OCH3 is 1. The maximum absolute atomic E-state index is 11.6. The first-order valence-electron chi connectivity index (χ1n) is 6.94. The van der Waals surface area contributed by atoms with Crippen molar-refractivity contribution in [3.05, 3.63) is 47.1 Å². The fraction of sp³-hybridized carbons (Fsp3) is 0.188. The van der Waals surface area contributed by atoms with E-state index >= 15 is 0 Å². The molecule has 1 aromatic carbocycles. The molecule has 1 heterocycles. The van der Waals surface area contributed by atoms with Crippen LogP contribution < -0.4 is 10.6 Å². The van der Waals surface area contributed by atoms with Gasteiger partial charge in [-0.2, -0.15) is 0 Å². The molecule has 0 saturated carbocycles. The predicted octanol–water partition coefficient (Wildman–Crippen LogP) is 3.61. The second-order valence-corrected chi connectivity index (χ2v) is 5.05. The molecular formula is C16H16ClN3O3. The van der Waals surface area contributed by atoms with Gasteiger partial charge in [0.15, 0.2) is 0 Å². The number of rotatable bonds is 5. The molecule has 0 aliphatic heterocycles. The van der Waals surface area contributed by atoms with Crippen molar-refractivity contribution in [1.82, 2.24) is 4.98 Å². The number of carbonyl (C=O) groups is 2. The Kier molecular flexibility index (Phi) is 5.54. The van der Waals surface area contributed by atoms with E-state index in [2.05, 4.69) is 20.4 Å². The number of amides is 1. The Bertz CT molecular complexity index is 717. The fourth-order valence-electron chi connectivity index (χ4n) is 1.79. The Balaban J connectivity index is 2.15. The number of pyridine rings is 1. The number of esters is 1. The lowest BCUT2D eigenvalue weighted by atomic mass is 10.2. The molecule has 0 aliphatic carbocycles. The number of benzene rings is 1. The van der Waals surface area contributed by atoms with Crippen LogP contribution in [-0.2, 0) is 9.53 Å². The summed E-state index contributed by atoms with van der Waals surface area (Å²) in [5, 5.41) is 6.18. The summed E-state index contributed by atoms with van der Waals surface area (Å²) in [6, 6.07) is 8.19. The lowest BCUT2D eigenvalue weighted by Crippen LogP contribution is -2.09. The number of hydrogen-bond acceptors (Lipinski definition) is 5. The van der Waals surface area contributed by atoms with Crippen LogP contribution in [0, 0.1) is 0 Å². The second-order valence-electron chi connectivity index (χ2n) is 4.65. The Labute approximate surface area is 138 Å². The summed E-state index contributed by atoms with van der Waals surface area (Å²) in [4.78, 5) is 27.1. The zero-order valence-electron chi connectivity index (χ0n) is 12.7. The van der Waals surface area contributed by atoms with Gasteiger partial charge in [0.1, 0.15) is 5.82 Å². The summed E-state index contributed by atoms with van der Waals surface area (Å²) in [6.45, 7) is 1.77. The number of carbonyl (C=O) groups excluding carboxylic acids is 2. The number of nitrogens with zero attached hydrogens (tertiary/aromatic N) is 1. The van der Waals surface area contributed by atoms with Crippen molar-refractivity contribution in [2.24, 2.45) is 0 Å². The van der Waals surface area contributed by atoms with Gasteiger partial charge in [-0.15, -0.1) is 0 Å². The molecule has 0 unspecified atom stereocenters. The van der Waals surface area contributed by atoms with Crippen molar-refractivity contribution in [3.63, 3.8) is 0 Å². The van der Waals surface area contributed by atoms with Crippen LogP contribution in [0.5, 0.6) is 0 Å². The zero-order chi connectivity index (χ0) is 16.8. The molecule has 7 heteroatoms. The van der Waals surface area contributed by atoms with E-state index in [4.69, 9.17) is 11.6 Å². The van der Waals surface area contributed by atoms with Gasteiger partial charge in [0.2, 0.25) is 5.91 Å². The molecule has 0 radical (unpaired) electrons. The van der Waals surface area contributed by atoms with Gasteiger partial charge in [-0.05, 0) is 30.3 Å². The van der Waals surface area contributed by atoms with E-state index in [1.165, 1.54) is 13.3 Å². The van der Waals surface area contributed by atoms with Gasteiger partial charge in [0.05, 0.1) is 35.3 Å². The molecule has 120 valence electrons. The summed E-state index contributed by atoms with van der Waals surface area (Å²) in [5.74, 6) is 0.0000443. The molecule has 0 atom stereocenters. The SMILES string of the molecule is CCC(=O)Nc1ccc(Nc2cc(C(=O)OC)ccc2Cl)nc1. The Morgan fingerprint density at radius 2 is 2.04 bits per heavy atom. The third-order valence-electron chi connectivity index (χ3n) is 3.02. The predicted molar refractivity (Wildman–Crippen MR) is 89.2 cm³/mol. The highest BCUT2D eigenvalue weighted by Crippen LogP contribution is 2.26. The van der Waals surface area contributed by atoms with Crippen LogP contribution in [0.3, 0.4) is 0 Å². The number of ether oxygens (including phenoxy) is 1. The first kappa shape index (κ1) is 16.8. The minimum atomic E-state index is -0.449. The lowest BCUT2D eigenvalue weighted by molar-refractivity contribution is -0.115. The number of aromatic nitrogens is 1. The minimum absolute atomic E-state index is 0.0821. The van der Waals surface area contributed by atoms with Crippen molar-refractivity contribution >= 4 is 40.7 Å². The molecular weight excluding hydrogens is 318 g/mol. The van der Waals surface area contributed by atoms with Crippen LogP contribution in [0.15, 0.2) is 36.5 Å². The molecule has 1 amide bonds. The van der Waals surface area contributed by atoms with Crippen molar-refractivity contribution in [3.8, 4) is 0 Å². The van der Waals surface area contributed by atoms with Gasteiger partial charge in [-0.25, -0.2) is 9.78 Å². The molecule has 2 N–H and O–H groups in total. The van der Waals surface area contributed by atoms with Crippen molar-refractivity contribution in [1.29, 1.82) is 0 Å². The van der Waals surface area contributed by atoms with E-state index in [0.29, 0.717) is 34.2 Å². The number of anilines is 3. The van der Waals surface area contributed by atoms with Crippen molar-refractivity contribution in [2.45, 2.75) is 13.3 Å². The Hall–Kier alpha value is -2.60. The van der Waals surface area contributed by atoms with Crippen LogP contribution >= 0.6 is 11.6 Å². The van der Waals surface area contributed by atoms with Crippen LogP contribution in [0.25, 0.3) is 0 Å². The topological polar surface area (TPSA) is 80.3 Å². The maximum Gasteiger partial charge on any atom is 0.337 e. The van der Waals surface area contributed by atoms with Crippen LogP contribution in [-0.4, -0.2) is 24.0 Å². The van der Waals surface area contributed by atoms with E-state index in [0.717, 1.165) is 0 Å². The normalized spacial score (nSPS) is 10.0. The zero-order valence-corrected chi connectivity index (χ0v) is 13.5. The monoisotopic (exact) mass is 333 g/mol. The molecule has 0 bridgehead atoms. The van der Waals surface area contributed by atoms with Crippen LogP contribution in [0.2, 0.25) is 5.02 Å².